The van der Waals surface area contributed by atoms with Crippen LogP contribution in [0.5, 0.6) is 11.6 Å². The van der Waals surface area contributed by atoms with Gasteiger partial charge in [-0.15, -0.1) is 0 Å². The molecule has 0 N–H and O–H groups in total. The smallest absolute Gasteiger partial charge is 0.410 e. The highest BCUT2D eigenvalue weighted by Gasteiger charge is 2.29. The Morgan fingerprint density at radius 1 is 1.38 bits per heavy atom. The molecule has 144 valence electrons. The van der Waals surface area contributed by atoms with Gasteiger partial charge in [0.2, 0.25) is 0 Å². The molecule has 0 radical (unpaired) electrons. The van der Waals surface area contributed by atoms with Gasteiger partial charge in [-0.1, -0.05) is 0 Å². The lowest BCUT2D eigenvalue weighted by atomic mass is 10.1. The summed E-state index contributed by atoms with van der Waals surface area (Å²) in [5.41, 5.74) is -0.735. The van der Waals surface area contributed by atoms with Crippen LogP contribution >= 0.6 is 15.9 Å². The number of ether oxygens (including phenoxy) is 3. The molecule has 1 saturated heterocycles. The van der Waals surface area contributed by atoms with Crippen LogP contribution in [-0.2, 0) is 4.74 Å². The maximum absolute atomic E-state index is 12.1. The van der Waals surface area contributed by atoms with Gasteiger partial charge in [0.05, 0.1) is 18.1 Å². The molecule has 1 aliphatic heterocycles. The molecule has 0 spiro atoms. The fraction of sp³-hybridized carbons (Fsp3) is 0.625. The number of amides is 1. The third-order valence-corrected chi connectivity index (χ3v) is 4.26. The van der Waals surface area contributed by atoms with E-state index in [9.17, 15) is 14.9 Å². The summed E-state index contributed by atoms with van der Waals surface area (Å²) < 4.78 is 16.4. The zero-order chi connectivity index (χ0) is 19.5. The molecule has 0 unspecified atom stereocenters. The van der Waals surface area contributed by atoms with E-state index in [0.29, 0.717) is 25.9 Å². The number of rotatable bonds is 4. The van der Waals surface area contributed by atoms with E-state index in [0.717, 1.165) is 0 Å². The Balaban J connectivity index is 2.00. The Hall–Kier alpha value is -2.10. The lowest BCUT2D eigenvalue weighted by Gasteiger charge is -2.33. The van der Waals surface area contributed by atoms with Crippen LogP contribution in [0.25, 0.3) is 0 Å². The first-order valence-electron chi connectivity index (χ1n) is 8.14. The van der Waals surface area contributed by atoms with Gasteiger partial charge in [-0.3, -0.25) is 10.1 Å². The van der Waals surface area contributed by atoms with Crippen molar-refractivity contribution in [1.82, 2.24) is 9.88 Å². The Labute approximate surface area is 159 Å². The van der Waals surface area contributed by atoms with E-state index in [4.69, 9.17) is 14.2 Å². The number of nitrogens with zero attached hydrogens (tertiary/aromatic N) is 3. The molecule has 2 rings (SSSR count). The lowest BCUT2D eigenvalue weighted by Crippen LogP contribution is -2.44. The van der Waals surface area contributed by atoms with Crippen molar-refractivity contribution in [2.24, 2.45) is 0 Å². The average Bonchev–Trinajstić information content (AvgIpc) is 2.53. The standard InChI is InChI=1S/C16H22BrN3O6/c1-16(2,3)26-15(21)19-7-5-10(6-8-19)25-14-12(24-4)9-11(20(22)23)13(17)18-14/h9-10H,5-8H2,1-4H3. The highest BCUT2D eigenvalue weighted by Crippen LogP contribution is 2.35. The van der Waals surface area contributed by atoms with Gasteiger partial charge in [0.15, 0.2) is 10.4 Å². The van der Waals surface area contributed by atoms with Gasteiger partial charge >= 0.3 is 11.8 Å². The van der Waals surface area contributed by atoms with E-state index in [2.05, 4.69) is 20.9 Å². The third-order valence-electron chi connectivity index (χ3n) is 3.68. The molecule has 2 heterocycles. The molecular formula is C16H22BrN3O6. The highest BCUT2D eigenvalue weighted by atomic mass is 79.9. The number of nitro groups is 1. The first-order valence-corrected chi connectivity index (χ1v) is 8.93. The normalized spacial score (nSPS) is 15.5. The number of halogens is 1. The minimum atomic E-state index is -0.553. The maximum atomic E-state index is 12.1. The quantitative estimate of drug-likeness (QED) is 0.407. The van der Waals surface area contributed by atoms with Crippen molar-refractivity contribution < 1.29 is 23.9 Å². The summed E-state index contributed by atoms with van der Waals surface area (Å²) in [6.07, 6.45) is 0.672. The lowest BCUT2D eigenvalue weighted by molar-refractivity contribution is -0.386. The number of carbonyl (C=O) groups is 1. The molecule has 0 bridgehead atoms. The molecule has 0 aliphatic carbocycles. The highest BCUT2D eigenvalue weighted by molar-refractivity contribution is 9.10. The molecule has 0 atom stereocenters. The van der Waals surface area contributed by atoms with Crippen LogP contribution < -0.4 is 9.47 Å². The van der Waals surface area contributed by atoms with Crippen molar-refractivity contribution in [1.29, 1.82) is 0 Å². The van der Waals surface area contributed by atoms with Crippen LogP contribution in [0.1, 0.15) is 33.6 Å². The fourth-order valence-corrected chi connectivity index (χ4v) is 2.87. The molecule has 1 amide bonds. The number of likely N-dealkylation sites (tertiary alicyclic amines) is 1. The number of hydrogen-bond acceptors (Lipinski definition) is 7. The van der Waals surface area contributed by atoms with E-state index in [1.807, 2.05) is 20.8 Å². The molecular weight excluding hydrogens is 410 g/mol. The summed E-state index contributed by atoms with van der Waals surface area (Å²) in [5, 5.41) is 11.0. The SMILES string of the molecule is COc1cc([N+](=O)[O-])c(Br)nc1OC1CCN(C(=O)OC(C)(C)C)CC1. The van der Waals surface area contributed by atoms with Crippen LogP contribution in [0.15, 0.2) is 10.7 Å². The number of piperidine rings is 1. The first kappa shape index (κ1) is 20.2. The topological polar surface area (TPSA) is 104 Å². The third kappa shape index (κ3) is 5.20. The molecule has 1 aromatic rings. The Bertz CT molecular complexity index is 683. The van der Waals surface area contributed by atoms with E-state index in [1.165, 1.54) is 13.2 Å². The van der Waals surface area contributed by atoms with Crippen molar-refractivity contribution in [3.63, 3.8) is 0 Å². The summed E-state index contributed by atoms with van der Waals surface area (Å²) in [6.45, 7) is 6.47. The Morgan fingerprint density at radius 2 is 2.00 bits per heavy atom. The van der Waals surface area contributed by atoms with Gasteiger partial charge in [-0.2, -0.15) is 4.98 Å². The van der Waals surface area contributed by atoms with E-state index >= 15 is 0 Å². The number of hydrogen-bond donors (Lipinski definition) is 0. The fourth-order valence-electron chi connectivity index (χ4n) is 2.45. The van der Waals surface area contributed by atoms with Crippen LogP contribution in [0, 0.1) is 10.1 Å². The Kier molecular flexibility index (Phi) is 6.27. The molecule has 0 saturated carbocycles. The summed E-state index contributed by atoms with van der Waals surface area (Å²) in [4.78, 5) is 28.2. The maximum Gasteiger partial charge on any atom is 0.410 e. The second kappa shape index (κ2) is 8.07. The van der Waals surface area contributed by atoms with Gasteiger partial charge in [0.1, 0.15) is 11.7 Å². The van der Waals surface area contributed by atoms with E-state index in [-0.39, 0.29) is 34.1 Å². The molecule has 9 nitrogen and oxygen atoms in total. The van der Waals surface area contributed by atoms with Crippen molar-refractivity contribution in [2.45, 2.75) is 45.3 Å². The zero-order valence-corrected chi connectivity index (χ0v) is 16.7. The minimum absolute atomic E-state index is 0.0736. The number of pyridine rings is 1. The summed E-state index contributed by atoms with van der Waals surface area (Å²) >= 11 is 3.07. The molecule has 1 aromatic heterocycles. The average molecular weight is 432 g/mol. The number of aromatic nitrogens is 1. The summed E-state index contributed by atoms with van der Waals surface area (Å²) in [6, 6.07) is 1.27. The van der Waals surface area contributed by atoms with Crippen LogP contribution in [0.4, 0.5) is 10.5 Å². The molecule has 10 heteroatoms. The summed E-state index contributed by atoms with van der Waals surface area (Å²) in [5.74, 6) is 0.371. The second-order valence-electron chi connectivity index (χ2n) is 6.85. The number of carbonyl (C=O) groups excluding carboxylic acids is 1. The van der Waals surface area contributed by atoms with Crippen LogP contribution in [-0.4, -0.2) is 52.8 Å². The molecule has 26 heavy (non-hydrogen) atoms. The van der Waals surface area contributed by atoms with Gasteiger partial charge in [0, 0.05) is 25.9 Å². The predicted octanol–water partition coefficient (Wildman–Crippen LogP) is 3.54. The van der Waals surface area contributed by atoms with E-state index < -0.39 is 10.5 Å². The van der Waals surface area contributed by atoms with Gasteiger partial charge < -0.3 is 19.1 Å². The van der Waals surface area contributed by atoms with Gasteiger partial charge in [0.25, 0.3) is 5.88 Å². The van der Waals surface area contributed by atoms with Gasteiger partial charge in [-0.25, -0.2) is 4.79 Å². The summed E-state index contributed by atoms with van der Waals surface area (Å²) in [7, 11) is 1.40. The molecule has 1 aliphatic rings. The van der Waals surface area contributed by atoms with Crippen molar-refractivity contribution in [3.05, 3.63) is 20.8 Å². The molecule has 0 aromatic carbocycles. The zero-order valence-electron chi connectivity index (χ0n) is 15.2. The van der Waals surface area contributed by atoms with Gasteiger partial charge in [-0.05, 0) is 36.7 Å². The van der Waals surface area contributed by atoms with Crippen molar-refractivity contribution >= 4 is 27.7 Å². The monoisotopic (exact) mass is 431 g/mol. The predicted molar refractivity (Wildman–Crippen MR) is 96.6 cm³/mol. The minimum Gasteiger partial charge on any atom is -0.491 e. The second-order valence-corrected chi connectivity index (χ2v) is 7.60. The van der Waals surface area contributed by atoms with Crippen molar-refractivity contribution in [2.75, 3.05) is 20.2 Å². The largest absolute Gasteiger partial charge is 0.491 e. The number of methoxy groups -OCH3 is 1. The van der Waals surface area contributed by atoms with Crippen LogP contribution in [0.3, 0.4) is 0 Å². The van der Waals surface area contributed by atoms with Crippen LogP contribution in [0.2, 0.25) is 0 Å². The van der Waals surface area contributed by atoms with E-state index in [1.54, 1.807) is 4.90 Å². The Morgan fingerprint density at radius 3 is 2.50 bits per heavy atom. The molecule has 1 fully saturated rings. The first-order chi connectivity index (χ1) is 12.1. The van der Waals surface area contributed by atoms with Crippen molar-refractivity contribution in [3.8, 4) is 11.6 Å².